The minimum atomic E-state index is -3.36. The molecule has 0 saturated heterocycles. The highest BCUT2D eigenvalue weighted by Gasteiger charge is 2.34. The fraction of sp³-hybridized carbons (Fsp3) is 1.00. The molecular formula is C18H37N3O2S. The molecule has 0 unspecified atom stereocenters. The van der Waals surface area contributed by atoms with Crippen LogP contribution >= 0.6 is 0 Å². The van der Waals surface area contributed by atoms with E-state index < -0.39 is 10.2 Å². The second kappa shape index (κ2) is 9.51. The van der Waals surface area contributed by atoms with Gasteiger partial charge in [-0.15, -0.1) is 0 Å². The van der Waals surface area contributed by atoms with Crippen molar-refractivity contribution in [3.8, 4) is 0 Å². The molecule has 5 nitrogen and oxygen atoms in total. The first kappa shape index (κ1) is 20.1. The van der Waals surface area contributed by atoms with Crippen LogP contribution in [0.5, 0.6) is 0 Å². The van der Waals surface area contributed by atoms with Crippen molar-refractivity contribution in [3.63, 3.8) is 0 Å². The van der Waals surface area contributed by atoms with E-state index in [1.54, 1.807) is 15.7 Å². The molecule has 0 aromatic heterocycles. The minimum Gasteiger partial charge on any atom is -0.308 e. The van der Waals surface area contributed by atoms with Gasteiger partial charge in [-0.1, -0.05) is 38.5 Å². The first-order valence-corrected chi connectivity index (χ1v) is 11.2. The number of nitrogens with zero attached hydrogens (tertiary/aromatic N) is 3. The zero-order valence-electron chi connectivity index (χ0n) is 15.9. The molecular weight excluding hydrogens is 322 g/mol. The van der Waals surface area contributed by atoms with E-state index in [0.29, 0.717) is 19.0 Å². The molecule has 0 aliphatic heterocycles. The summed E-state index contributed by atoms with van der Waals surface area (Å²) >= 11 is 0. The summed E-state index contributed by atoms with van der Waals surface area (Å²) in [7, 11) is 2.47. The van der Waals surface area contributed by atoms with Crippen LogP contribution in [-0.2, 0) is 10.2 Å². The Balaban J connectivity index is 2.06. The van der Waals surface area contributed by atoms with Crippen LogP contribution < -0.4 is 0 Å². The molecule has 2 rings (SSSR count). The van der Waals surface area contributed by atoms with Crippen molar-refractivity contribution in [3.05, 3.63) is 0 Å². The summed E-state index contributed by atoms with van der Waals surface area (Å²) in [5.74, 6) is 0.537. The van der Waals surface area contributed by atoms with E-state index in [1.807, 2.05) is 14.1 Å². The number of likely N-dealkylation sites (N-methyl/N-ethyl adjacent to an activating group) is 1. The van der Waals surface area contributed by atoms with Gasteiger partial charge in [0.15, 0.2) is 0 Å². The molecule has 2 fully saturated rings. The highest BCUT2D eigenvalue weighted by atomic mass is 32.2. The van der Waals surface area contributed by atoms with E-state index in [0.717, 1.165) is 32.2 Å². The summed E-state index contributed by atoms with van der Waals surface area (Å²) in [5, 5.41) is 0. The fourth-order valence-corrected chi connectivity index (χ4v) is 5.75. The summed E-state index contributed by atoms with van der Waals surface area (Å²) in [5.41, 5.74) is 0. The highest BCUT2D eigenvalue weighted by molar-refractivity contribution is 7.86. The van der Waals surface area contributed by atoms with Crippen LogP contribution in [0.2, 0.25) is 0 Å². The molecule has 2 saturated carbocycles. The Hall–Kier alpha value is -0.170. The van der Waals surface area contributed by atoms with Gasteiger partial charge in [0.05, 0.1) is 0 Å². The number of hydrogen-bond donors (Lipinski definition) is 0. The van der Waals surface area contributed by atoms with Crippen molar-refractivity contribution in [1.82, 2.24) is 13.5 Å². The first-order valence-electron chi connectivity index (χ1n) is 9.79. The predicted molar refractivity (Wildman–Crippen MR) is 100 cm³/mol. The van der Waals surface area contributed by atoms with Crippen LogP contribution in [-0.4, -0.2) is 68.7 Å². The normalized spacial score (nSPS) is 21.9. The van der Waals surface area contributed by atoms with E-state index in [9.17, 15) is 8.42 Å². The number of rotatable bonds is 8. The Morgan fingerprint density at radius 1 is 0.792 bits per heavy atom. The van der Waals surface area contributed by atoms with Gasteiger partial charge in [0.2, 0.25) is 0 Å². The van der Waals surface area contributed by atoms with Gasteiger partial charge in [0.1, 0.15) is 0 Å². The van der Waals surface area contributed by atoms with Crippen LogP contribution in [0, 0.1) is 5.92 Å². The van der Waals surface area contributed by atoms with Gasteiger partial charge in [-0.3, -0.25) is 0 Å². The Labute approximate surface area is 149 Å². The van der Waals surface area contributed by atoms with Gasteiger partial charge in [0, 0.05) is 32.7 Å². The van der Waals surface area contributed by atoms with E-state index in [-0.39, 0.29) is 6.04 Å². The van der Waals surface area contributed by atoms with Gasteiger partial charge in [-0.2, -0.15) is 17.0 Å². The molecule has 142 valence electrons. The lowest BCUT2D eigenvalue weighted by molar-refractivity contribution is 0.228. The van der Waals surface area contributed by atoms with Crippen LogP contribution in [0.15, 0.2) is 0 Å². The third kappa shape index (κ3) is 5.68. The van der Waals surface area contributed by atoms with Gasteiger partial charge in [0.25, 0.3) is 10.2 Å². The molecule has 6 heteroatoms. The number of hydrogen-bond acceptors (Lipinski definition) is 3. The Kier molecular flexibility index (Phi) is 7.98. The Morgan fingerprint density at radius 3 is 1.88 bits per heavy atom. The molecule has 2 aliphatic rings. The maximum atomic E-state index is 13.2. The average Bonchev–Trinajstić information content (AvgIpc) is 2.59. The van der Waals surface area contributed by atoms with Gasteiger partial charge < -0.3 is 4.90 Å². The maximum absolute atomic E-state index is 13.2. The average molecular weight is 360 g/mol. The van der Waals surface area contributed by atoms with Gasteiger partial charge >= 0.3 is 0 Å². The molecule has 0 radical (unpaired) electrons. The van der Waals surface area contributed by atoms with E-state index >= 15 is 0 Å². The van der Waals surface area contributed by atoms with E-state index in [1.165, 1.54) is 38.5 Å². The predicted octanol–water partition coefficient (Wildman–Crippen LogP) is 2.94. The Morgan fingerprint density at radius 2 is 1.33 bits per heavy atom. The molecule has 0 aromatic rings. The van der Waals surface area contributed by atoms with Crippen LogP contribution in [0.1, 0.15) is 64.2 Å². The van der Waals surface area contributed by atoms with E-state index in [4.69, 9.17) is 0 Å². The lowest BCUT2D eigenvalue weighted by atomic mass is 9.89. The monoisotopic (exact) mass is 359 g/mol. The fourth-order valence-electron chi connectivity index (χ4n) is 4.09. The maximum Gasteiger partial charge on any atom is 0.282 e. The second-order valence-corrected chi connectivity index (χ2v) is 9.97. The standard InChI is InChI=1S/C18H37N3O2S/c1-19(2)14-15-21(16-17-10-6-4-7-11-17)24(22,23)20(3)18-12-8-5-9-13-18/h17-18H,4-16H2,1-3H3. The second-order valence-electron chi connectivity index (χ2n) is 7.98. The third-order valence-electron chi connectivity index (χ3n) is 5.76. The smallest absolute Gasteiger partial charge is 0.282 e. The summed E-state index contributed by atoms with van der Waals surface area (Å²) in [6.07, 6.45) is 11.8. The van der Waals surface area contributed by atoms with Crippen molar-refractivity contribution < 1.29 is 8.42 Å². The SMILES string of the molecule is CN(C)CCN(CC1CCCCC1)S(=O)(=O)N(C)C1CCCCC1. The zero-order chi connectivity index (χ0) is 17.6. The molecule has 0 aromatic carbocycles. The van der Waals surface area contributed by atoms with Crippen molar-refractivity contribution in [2.75, 3.05) is 40.8 Å². The first-order chi connectivity index (χ1) is 11.4. The highest BCUT2D eigenvalue weighted by Crippen LogP contribution is 2.28. The van der Waals surface area contributed by atoms with E-state index in [2.05, 4.69) is 4.90 Å². The quantitative estimate of drug-likeness (QED) is 0.669. The molecule has 0 amide bonds. The lowest BCUT2D eigenvalue weighted by Crippen LogP contribution is -2.50. The molecule has 0 bridgehead atoms. The topological polar surface area (TPSA) is 43.9 Å². The third-order valence-corrected chi connectivity index (χ3v) is 7.77. The van der Waals surface area contributed by atoms with Gasteiger partial charge in [-0.05, 0) is 45.7 Å². The van der Waals surface area contributed by atoms with Crippen LogP contribution in [0.3, 0.4) is 0 Å². The summed E-state index contributed by atoms with van der Waals surface area (Å²) in [4.78, 5) is 2.07. The minimum absolute atomic E-state index is 0.192. The Bertz CT molecular complexity index is 455. The molecule has 2 aliphatic carbocycles. The summed E-state index contributed by atoms with van der Waals surface area (Å²) in [6, 6.07) is 0.192. The molecule has 0 N–H and O–H groups in total. The van der Waals surface area contributed by atoms with Crippen molar-refractivity contribution in [1.29, 1.82) is 0 Å². The van der Waals surface area contributed by atoms with Crippen molar-refractivity contribution in [2.45, 2.75) is 70.3 Å². The van der Waals surface area contributed by atoms with Gasteiger partial charge in [-0.25, -0.2) is 0 Å². The van der Waals surface area contributed by atoms with Crippen molar-refractivity contribution >= 4 is 10.2 Å². The van der Waals surface area contributed by atoms with Crippen LogP contribution in [0.25, 0.3) is 0 Å². The molecule has 24 heavy (non-hydrogen) atoms. The molecule has 0 heterocycles. The lowest BCUT2D eigenvalue weighted by Gasteiger charge is -2.36. The zero-order valence-corrected chi connectivity index (χ0v) is 16.7. The summed E-state index contributed by atoms with van der Waals surface area (Å²) in [6.45, 7) is 2.08. The van der Waals surface area contributed by atoms with Crippen molar-refractivity contribution in [2.24, 2.45) is 5.92 Å². The largest absolute Gasteiger partial charge is 0.308 e. The molecule has 0 spiro atoms. The molecule has 0 atom stereocenters. The summed E-state index contributed by atoms with van der Waals surface area (Å²) < 4.78 is 30.0. The van der Waals surface area contributed by atoms with Crippen LogP contribution in [0.4, 0.5) is 0 Å².